The Hall–Kier alpha value is -1.82. The normalized spacial score (nSPS) is 18.0. The number of likely N-dealkylation sites (tertiary alicyclic amines) is 1. The van der Waals surface area contributed by atoms with Gasteiger partial charge in [-0.3, -0.25) is 4.79 Å². The molecule has 24 heavy (non-hydrogen) atoms. The van der Waals surface area contributed by atoms with Gasteiger partial charge in [-0.25, -0.2) is 0 Å². The second-order valence-corrected chi connectivity index (χ2v) is 7.55. The zero-order valence-corrected chi connectivity index (χ0v) is 15.2. The van der Waals surface area contributed by atoms with Crippen LogP contribution < -0.4 is 0 Å². The first-order chi connectivity index (χ1) is 11.5. The average molecular weight is 345 g/mol. The molecule has 0 N–H and O–H groups in total. The summed E-state index contributed by atoms with van der Waals surface area (Å²) in [5.41, 5.74) is 3.24. The third kappa shape index (κ3) is 4.17. The quantitative estimate of drug-likeness (QED) is 0.791. The first-order valence-corrected chi connectivity index (χ1v) is 9.32. The Balaban J connectivity index is 1.61. The molecule has 6 heteroatoms. The van der Waals surface area contributed by atoms with Crippen molar-refractivity contribution in [3.05, 3.63) is 29.3 Å². The van der Waals surface area contributed by atoms with Crippen molar-refractivity contribution in [3.8, 4) is 11.5 Å². The molecule has 0 saturated carbocycles. The molecule has 1 saturated heterocycles. The molecule has 0 bridgehead atoms. The number of amides is 1. The lowest BCUT2D eigenvalue weighted by Gasteiger charge is -2.30. The van der Waals surface area contributed by atoms with Gasteiger partial charge in [0.15, 0.2) is 0 Å². The standard InChI is InChI=1S/C18H23N3O2S/c1-12-5-4-6-21(10-12)16(22)11-24-18-20-19-17(23-18)15-8-13(2)7-14(3)9-15/h7-9,12H,4-6,10-11H2,1-3H3/t12-/m0/s1. The summed E-state index contributed by atoms with van der Waals surface area (Å²) in [4.78, 5) is 14.2. The van der Waals surface area contributed by atoms with Crippen molar-refractivity contribution in [1.29, 1.82) is 0 Å². The zero-order chi connectivity index (χ0) is 17.1. The van der Waals surface area contributed by atoms with E-state index in [0.29, 0.717) is 22.8 Å². The van der Waals surface area contributed by atoms with Crippen molar-refractivity contribution < 1.29 is 9.21 Å². The number of piperidine rings is 1. The Morgan fingerprint density at radius 1 is 1.29 bits per heavy atom. The van der Waals surface area contributed by atoms with E-state index in [9.17, 15) is 4.79 Å². The van der Waals surface area contributed by atoms with Gasteiger partial charge in [0, 0.05) is 18.7 Å². The molecule has 1 aromatic heterocycles. The van der Waals surface area contributed by atoms with Crippen molar-refractivity contribution in [2.45, 2.75) is 38.8 Å². The van der Waals surface area contributed by atoms with Crippen molar-refractivity contribution in [3.63, 3.8) is 0 Å². The number of nitrogens with zero attached hydrogens (tertiary/aromatic N) is 3. The number of aromatic nitrogens is 2. The van der Waals surface area contributed by atoms with Gasteiger partial charge in [0.2, 0.25) is 11.8 Å². The smallest absolute Gasteiger partial charge is 0.277 e. The zero-order valence-electron chi connectivity index (χ0n) is 14.4. The van der Waals surface area contributed by atoms with Gasteiger partial charge in [-0.1, -0.05) is 35.9 Å². The van der Waals surface area contributed by atoms with E-state index in [2.05, 4.69) is 23.2 Å². The third-order valence-electron chi connectivity index (χ3n) is 4.20. The number of carbonyl (C=O) groups is 1. The van der Waals surface area contributed by atoms with Crippen molar-refractivity contribution in [2.24, 2.45) is 5.92 Å². The molecule has 0 aliphatic carbocycles. The van der Waals surface area contributed by atoms with E-state index in [1.807, 2.05) is 30.9 Å². The molecule has 2 aromatic rings. The van der Waals surface area contributed by atoms with Crippen LogP contribution in [0.25, 0.3) is 11.5 Å². The maximum absolute atomic E-state index is 12.3. The molecule has 3 rings (SSSR count). The number of rotatable bonds is 4. The Labute approximate surface area is 146 Å². The van der Waals surface area contributed by atoms with Crippen LogP contribution in [0.1, 0.15) is 30.9 Å². The summed E-state index contributed by atoms with van der Waals surface area (Å²) in [5, 5.41) is 8.62. The highest BCUT2D eigenvalue weighted by molar-refractivity contribution is 7.99. The predicted molar refractivity (Wildman–Crippen MR) is 94.9 cm³/mol. The molecule has 1 aliphatic rings. The van der Waals surface area contributed by atoms with Gasteiger partial charge >= 0.3 is 0 Å². The van der Waals surface area contributed by atoms with Gasteiger partial charge in [0.05, 0.1) is 5.75 Å². The molecule has 0 spiro atoms. The van der Waals surface area contributed by atoms with Gasteiger partial charge in [-0.2, -0.15) is 0 Å². The summed E-state index contributed by atoms with van der Waals surface area (Å²) in [6.07, 6.45) is 2.30. The second kappa shape index (κ2) is 7.38. The van der Waals surface area contributed by atoms with Crippen LogP contribution >= 0.6 is 11.8 Å². The fourth-order valence-corrected chi connectivity index (χ4v) is 3.78. The molecule has 1 fully saturated rings. The van der Waals surface area contributed by atoms with Crippen LogP contribution in [0.15, 0.2) is 27.8 Å². The lowest BCUT2D eigenvalue weighted by atomic mass is 10.0. The third-order valence-corrected chi connectivity index (χ3v) is 5.01. The molecule has 1 aliphatic heterocycles. The summed E-state index contributed by atoms with van der Waals surface area (Å²) in [6.45, 7) is 8.00. The Morgan fingerprint density at radius 3 is 2.75 bits per heavy atom. The molecule has 5 nitrogen and oxygen atoms in total. The minimum Gasteiger partial charge on any atom is -0.411 e. The van der Waals surface area contributed by atoms with Crippen molar-refractivity contribution in [1.82, 2.24) is 15.1 Å². The number of hydrogen-bond acceptors (Lipinski definition) is 5. The van der Waals surface area contributed by atoms with Gasteiger partial charge < -0.3 is 9.32 Å². The molecule has 0 unspecified atom stereocenters. The highest BCUT2D eigenvalue weighted by Crippen LogP contribution is 2.25. The van der Waals surface area contributed by atoms with Crippen LogP contribution in [0.4, 0.5) is 0 Å². The van der Waals surface area contributed by atoms with Gasteiger partial charge in [-0.05, 0) is 44.7 Å². The van der Waals surface area contributed by atoms with Crippen LogP contribution in [-0.2, 0) is 4.79 Å². The number of hydrogen-bond donors (Lipinski definition) is 0. The first kappa shape index (κ1) is 17.0. The van der Waals surface area contributed by atoms with Crippen LogP contribution in [-0.4, -0.2) is 39.8 Å². The Morgan fingerprint density at radius 2 is 2.04 bits per heavy atom. The average Bonchev–Trinajstić information content (AvgIpc) is 3.00. The van der Waals surface area contributed by atoms with Gasteiger partial charge in [-0.15, -0.1) is 10.2 Å². The summed E-state index contributed by atoms with van der Waals surface area (Å²) in [5.74, 6) is 1.59. The highest BCUT2D eigenvalue weighted by atomic mass is 32.2. The molecule has 0 radical (unpaired) electrons. The highest BCUT2D eigenvalue weighted by Gasteiger charge is 2.21. The molecule has 128 valence electrons. The van der Waals surface area contributed by atoms with Gasteiger partial charge in [0.1, 0.15) is 0 Å². The number of aryl methyl sites for hydroxylation is 2. The first-order valence-electron chi connectivity index (χ1n) is 8.34. The van der Waals surface area contributed by atoms with E-state index >= 15 is 0 Å². The van der Waals surface area contributed by atoms with Crippen LogP contribution in [0.5, 0.6) is 0 Å². The molecule has 1 atom stereocenters. The SMILES string of the molecule is Cc1cc(C)cc(-c2nnc(SCC(=O)N3CCC[C@H](C)C3)o2)c1. The van der Waals surface area contributed by atoms with E-state index < -0.39 is 0 Å². The Kier molecular flexibility index (Phi) is 5.23. The number of carbonyl (C=O) groups excluding carboxylic acids is 1. The van der Waals surface area contributed by atoms with Gasteiger partial charge in [0.25, 0.3) is 5.22 Å². The molecular weight excluding hydrogens is 322 g/mol. The van der Waals surface area contributed by atoms with E-state index in [-0.39, 0.29) is 5.91 Å². The molecule has 1 amide bonds. The number of benzene rings is 1. The summed E-state index contributed by atoms with van der Waals surface area (Å²) >= 11 is 1.32. The van der Waals surface area contributed by atoms with Crippen molar-refractivity contribution >= 4 is 17.7 Å². The van der Waals surface area contributed by atoms with Crippen LogP contribution in [0.2, 0.25) is 0 Å². The molecule has 1 aromatic carbocycles. The monoisotopic (exact) mass is 345 g/mol. The lowest BCUT2D eigenvalue weighted by Crippen LogP contribution is -2.40. The fraction of sp³-hybridized carbons (Fsp3) is 0.500. The topological polar surface area (TPSA) is 59.2 Å². The lowest BCUT2D eigenvalue weighted by molar-refractivity contribution is -0.130. The minimum atomic E-state index is 0.151. The Bertz CT molecular complexity index is 709. The van der Waals surface area contributed by atoms with Crippen LogP contribution in [0.3, 0.4) is 0 Å². The van der Waals surface area contributed by atoms with E-state index in [1.54, 1.807) is 0 Å². The van der Waals surface area contributed by atoms with Crippen LogP contribution in [0, 0.1) is 19.8 Å². The molecular formula is C18H23N3O2S. The fourth-order valence-electron chi connectivity index (χ4n) is 3.11. The summed E-state index contributed by atoms with van der Waals surface area (Å²) in [7, 11) is 0. The van der Waals surface area contributed by atoms with Crippen molar-refractivity contribution in [2.75, 3.05) is 18.8 Å². The van der Waals surface area contributed by atoms with E-state index in [1.165, 1.54) is 18.2 Å². The maximum atomic E-state index is 12.3. The predicted octanol–water partition coefficient (Wildman–Crippen LogP) is 3.70. The number of thioether (sulfide) groups is 1. The summed E-state index contributed by atoms with van der Waals surface area (Å²) < 4.78 is 5.71. The summed E-state index contributed by atoms with van der Waals surface area (Å²) in [6, 6.07) is 6.15. The van der Waals surface area contributed by atoms with E-state index in [0.717, 1.165) is 36.2 Å². The largest absolute Gasteiger partial charge is 0.411 e. The second-order valence-electron chi connectivity index (χ2n) is 6.63. The van der Waals surface area contributed by atoms with E-state index in [4.69, 9.17) is 4.42 Å². The molecule has 2 heterocycles. The maximum Gasteiger partial charge on any atom is 0.277 e. The minimum absolute atomic E-state index is 0.151.